The average molecular weight is 290 g/mol. The second-order valence-corrected chi connectivity index (χ2v) is 5.59. The van der Waals surface area contributed by atoms with Crippen LogP contribution < -0.4 is 0 Å². The van der Waals surface area contributed by atoms with Crippen LogP contribution in [0.3, 0.4) is 0 Å². The average Bonchev–Trinajstić information content (AvgIpc) is 2.48. The van der Waals surface area contributed by atoms with Crippen LogP contribution in [0.2, 0.25) is 0 Å². The van der Waals surface area contributed by atoms with E-state index in [1.165, 1.54) is 12.1 Å². The molecule has 112 valence electrons. The number of rotatable bonds is 5. The second kappa shape index (κ2) is 7.19. The zero-order chi connectivity index (χ0) is 15.2. The van der Waals surface area contributed by atoms with Crippen molar-refractivity contribution in [3.63, 3.8) is 0 Å². The molecule has 21 heavy (non-hydrogen) atoms. The summed E-state index contributed by atoms with van der Waals surface area (Å²) in [7, 11) is 0. The Bertz CT molecular complexity index is 554. The van der Waals surface area contributed by atoms with Crippen molar-refractivity contribution in [1.82, 2.24) is 4.90 Å². The molecular formula is C16H19FN2O2. The maximum absolute atomic E-state index is 13.8. The van der Waals surface area contributed by atoms with Crippen molar-refractivity contribution in [1.29, 1.82) is 5.26 Å². The molecule has 0 radical (unpaired) electrons. The zero-order valence-electron chi connectivity index (χ0n) is 11.9. The molecule has 1 saturated heterocycles. The third-order valence-electron chi connectivity index (χ3n) is 3.94. The standard InChI is InChI=1S/C16H19FN2O2/c17-15-5-3-13(9-18)8-14(15)11-19-7-1-2-12(10-19)4-6-16(20)21/h3,5,8,12H,1-2,4,6-7,10-11H2,(H,20,21). The molecule has 1 atom stereocenters. The van der Waals surface area contributed by atoms with Crippen molar-refractivity contribution < 1.29 is 14.3 Å². The monoisotopic (exact) mass is 290 g/mol. The second-order valence-electron chi connectivity index (χ2n) is 5.59. The van der Waals surface area contributed by atoms with E-state index in [0.29, 0.717) is 30.0 Å². The molecular weight excluding hydrogens is 271 g/mol. The Hall–Kier alpha value is -1.93. The van der Waals surface area contributed by atoms with Crippen LogP contribution >= 0.6 is 0 Å². The highest BCUT2D eigenvalue weighted by atomic mass is 19.1. The first-order chi connectivity index (χ1) is 10.1. The smallest absolute Gasteiger partial charge is 0.303 e. The normalized spacial score (nSPS) is 19.1. The van der Waals surface area contributed by atoms with Gasteiger partial charge in [0.1, 0.15) is 5.82 Å². The van der Waals surface area contributed by atoms with E-state index < -0.39 is 5.97 Å². The van der Waals surface area contributed by atoms with Crippen LogP contribution in [0.25, 0.3) is 0 Å². The lowest BCUT2D eigenvalue weighted by atomic mass is 9.93. The molecule has 0 bridgehead atoms. The number of hydrogen-bond acceptors (Lipinski definition) is 3. The van der Waals surface area contributed by atoms with E-state index >= 15 is 0 Å². The summed E-state index contributed by atoms with van der Waals surface area (Å²) in [5.74, 6) is -0.696. The molecule has 0 aromatic heterocycles. The van der Waals surface area contributed by atoms with Gasteiger partial charge in [0.15, 0.2) is 0 Å². The molecule has 1 aromatic rings. The Morgan fingerprint density at radius 3 is 3.05 bits per heavy atom. The van der Waals surface area contributed by atoms with Gasteiger partial charge < -0.3 is 5.11 Å². The first-order valence-corrected chi connectivity index (χ1v) is 7.21. The van der Waals surface area contributed by atoms with Crippen LogP contribution in [0.15, 0.2) is 18.2 Å². The van der Waals surface area contributed by atoms with E-state index in [2.05, 4.69) is 4.90 Å². The molecule has 1 unspecified atom stereocenters. The predicted octanol–water partition coefficient (Wildman–Crippen LogP) is 2.77. The van der Waals surface area contributed by atoms with Gasteiger partial charge in [-0.3, -0.25) is 9.69 Å². The SMILES string of the molecule is N#Cc1ccc(F)c(CN2CCCC(CCC(=O)O)C2)c1. The number of nitriles is 1. The van der Waals surface area contributed by atoms with Crippen LogP contribution in [0.4, 0.5) is 4.39 Å². The number of carboxylic acid groups (broad SMARTS) is 1. The molecule has 1 N–H and O–H groups in total. The highest BCUT2D eigenvalue weighted by Gasteiger charge is 2.21. The van der Waals surface area contributed by atoms with Gasteiger partial charge in [0, 0.05) is 25.1 Å². The molecule has 1 heterocycles. The zero-order valence-corrected chi connectivity index (χ0v) is 11.9. The number of halogens is 1. The van der Waals surface area contributed by atoms with Gasteiger partial charge in [-0.1, -0.05) is 0 Å². The molecule has 4 nitrogen and oxygen atoms in total. The van der Waals surface area contributed by atoms with Crippen molar-refractivity contribution in [2.45, 2.75) is 32.2 Å². The summed E-state index contributed by atoms with van der Waals surface area (Å²) in [6.45, 7) is 2.16. The lowest BCUT2D eigenvalue weighted by Crippen LogP contribution is -2.35. The fourth-order valence-electron chi connectivity index (χ4n) is 2.86. The third kappa shape index (κ3) is 4.54. The fourth-order valence-corrected chi connectivity index (χ4v) is 2.86. The van der Waals surface area contributed by atoms with Crippen molar-refractivity contribution in [2.24, 2.45) is 5.92 Å². The Morgan fingerprint density at radius 1 is 1.52 bits per heavy atom. The summed E-state index contributed by atoms with van der Waals surface area (Å²) in [4.78, 5) is 12.8. The first-order valence-electron chi connectivity index (χ1n) is 7.21. The summed E-state index contributed by atoms with van der Waals surface area (Å²) < 4.78 is 13.8. The number of piperidine rings is 1. The molecule has 1 aliphatic heterocycles. The van der Waals surface area contributed by atoms with Gasteiger partial charge in [-0.2, -0.15) is 5.26 Å². The maximum Gasteiger partial charge on any atom is 0.303 e. The van der Waals surface area contributed by atoms with Crippen LogP contribution in [0.1, 0.15) is 36.8 Å². The third-order valence-corrected chi connectivity index (χ3v) is 3.94. The van der Waals surface area contributed by atoms with E-state index in [-0.39, 0.29) is 12.2 Å². The van der Waals surface area contributed by atoms with Gasteiger partial charge in [-0.25, -0.2) is 4.39 Å². The fraction of sp³-hybridized carbons (Fsp3) is 0.500. The summed E-state index contributed by atoms with van der Waals surface area (Å²) in [5, 5.41) is 17.6. The molecule has 1 aliphatic rings. The van der Waals surface area contributed by atoms with Crippen LogP contribution in [0, 0.1) is 23.1 Å². The highest BCUT2D eigenvalue weighted by molar-refractivity contribution is 5.66. The Morgan fingerprint density at radius 2 is 2.33 bits per heavy atom. The lowest BCUT2D eigenvalue weighted by molar-refractivity contribution is -0.137. The minimum atomic E-state index is -0.764. The molecule has 0 saturated carbocycles. The van der Waals surface area contributed by atoms with Gasteiger partial charge in [-0.05, 0) is 49.9 Å². The number of nitrogens with zero attached hydrogens (tertiary/aromatic N) is 2. The van der Waals surface area contributed by atoms with E-state index in [4.69, 9.17) is 10.4 Å². The number of hydrogen-bond donors (Lipinski definition) is 1. The molecule has 0 aliphatic carbocycles. The van der Waals surface area contributed by atoms with E-state index in [1.807, 2.05) is 6.07 Å². The number of aliphatic carboxylic acids is 1. The number of benzene rings is 1. The number of carboxylic acids is 1. The summed E-state index contributed by atoms with van der Waals surface area (Å²) in [6.07, 6.45) is 2.90. The van der Waals surface area contributed by atoms with Gasteiger partial charge in [0.2, 0.25) is 0 Å². The molecule has 5 heteroatoms. The number of carbonyl (C=O) groups is 1. The van der Waals surface area contributed by atoms with Crippen LogP contribution in [-0.4, -0.2) is 29.1 Å². The van der Waals surface area contributed by atoms with E-state index in [1.54, 1.807) is 6.07 Å². The lowest BCUT2D eigenvalue weighted by Gasteiger charge is -2.32. The summed E-state index contributed by atoms with van der Waals surface area (Å²) >= 11 is 0. The van der Waals surface area contributed by atoms with Gasteiger partial charge in [0.25, 0.3) is 0 Å². The molecule has 1 aromatic carbocycles. The van der Waals surface area contributed by atoms with Crippen LogP contribution in [-0.2, 0) is 11.3 Å². The quantitative estimate of drug-likeness (QED) is 0.905. The Kier molecular flexibility index (Phi) is 5.29. The summed E-state index contributed by atoms with van der Waals surface area (Å²) in [6, 6.07) is 6.43. The maximum atomic E-state index is 13.8. The molecule has 1 fully saturated rings. The largest absolute Gasteiger partial charge is 0.481 e. The minimum Gasteiger partial charge on any atom is -0.481 e. The molecule has 0 amide bonds. The summed E-state index contributed by atoms with van der Waals surface area (Å²) in [5.41, 5.74) is 0.999. The van der Waals surface area contributed by atoms with Crippen molar-refractivity contribution in [3.05, 3.63) is 35.1 Å². The van der Waals surface area contributed by atoms with Crippen molar-refractivity contribution >= 4 is 5.97 Å². The van der Waals surface area contributed by atoms with Gasteiger partial charge in [0.05, 0.1) is 11.6 Å². The predicted molar refractivity (Wildman–Crippen MR) is 76.0 cm³/mol. The van der Waals surface area contributed by atoms with E-state index in [9.17, 15) is 9.18 Å². The van der Waals surface area contributed by atoms with Crippen molar-refractivity contribution in [2.75, 3.05) is 13.1 Å². The highest BCUT2D eigenvalue weighted by Crippen LogP contribution is 2.23. The Balaban J connectivity index is 1.96. The van der Waals surface area contributed by atoms with Crippen molar-refractivity contribution in [3.8, 4) is 6.07 Å². The first kappa shape index (κ1) is 15.5. The van der Waals surface area contributed by atoms with Gasteiger partial charge in [-0.15, -0.1) is 0 Å². The topological polar surface area (TPSA) is 64.3 Å². The Labute approximate surface area is 123 Å². The van der Waals surface area contributed by atoms with Crippen LogP contribution in [0.5, 0.6) is 0 Å². The molecule has 2 rings (SSSR count). The molecule has 0 spiro atoms. The number of likely N-dealkylation sites (tertiary alicyclic amines) is 1. The van der Waals surface area contributed by atoms with E-state index in [0.717, 1.165) is 25.9 Å². The minimum absolute atomic E-state index is 0.191. The van der Waals surface area contributed by atoms with Gasteiger partial charge >= 0.3 is 5.97 Å².